The highest BCUT2D eigenvalue weighted by atomic mass is 19.1. The SMILES string of the molecule is C[C@@H]1CC(=O)Nc2ccccc2N1C(=O)COC(=O)c1ccc(F)cc1N. The molecule has 0 aliphatic carbocycles. The normalized spacial score (nSPS) is 16.1. The predicted octanol–water partition coefficient (Wildman–Crippen LogP) is 2.33. The van der Waals surface area contributed by atoms with Crippen LogP contribution in [0, 0.1) is 5.82 Å². The zero-order chi connectivity index (χ0) is 19.6. The molecule has 0 aromatic heterocycles. The molecule has 0 saturated heterocycles. The van der Waals surface area contributed by atoms with Gasteiger partial charge >= 0.3 is 5.97 Å². The second-order valence-corrected chi connectivity index (χ2v) is 6.19. The fourth-order valence-corrected chi connectivity index (χ4v) is 2.96. The van der Waals surface area contributed by atoms with Gasteiger partial charge < -0.3 is 20.7 Å². The van der Waals surface area contributed by atoms with Crippen molar-refractivity contribution in [3.05, 3.63) is 53.8 Å². The average Bonchev–Trinajstić information content (AvgIpc) is 2.73. The van der Waals surface area contributed by atoms with E-state index in [1.54, 1.807) is 31.2 Å². The smallest absolute Gasteiger partial charge is 0.340 e. The number of nitrogens with zero attached hydrogens (tertiary/aromatic N) is 1. The largest absolute Gasteiger partial charge is 0.452 e. The first kappa shape index (κ1) is 18.4. The monoisotopic (exact) mass is 371 g/mol. The molecule has 2 aromatic carbocycles. The van der Waals surface area contributed by atoms with Crippen LogP contribution in [0.2, 0.25) is 0 Å². The first-order valence-corrected chi connectivity index (χ1v) is 8.30. The van der Waals surface area contributed by atoms with Crippen LogP contribution in [0.1, 0.15) is 23.7 Å². The van der Waals surface area contributed by atoms with Gasteiger partial charge in [-0.05, 0) is 37.3 Å². The minimum atomic E-state index is -0.828. The van der Waals surface area contributed by atoms with Gasteiger partial charge in [-0.15, -0.1) is 0 Å². The third-order valence-electron chi connectivity index (χ3n) is 4.19. The van der Waals surface area contributed by atoms with E-state index in [1.165, 1.54) is 11.0 Å². The Labute approximate surface area is 154 Å². The number of carbonyl (C=O) groups is 3. The fourth-order valence-electron chi connectivity index (χ4n) is 2.96. The molecular weight excluding hydrogens is 353 g/mol. The van der Waals surface area contributed by atoms with Crippen molar-refractivity contribution in [3.63, 3.8) is 0 Å². The second kappa shape index (κ2) is 7.45. The second-order valence-electron chi connectivity index (χ2n) is 6.19. The highest BCUT2D eigenvalue weighted by Gasteiger charge is 2.30. The molecule has 1 heterocycles. The van der Waals surface area contributed by atoms with Crippen LogP contribution in [0.15, 0.2) is 42.5 Å². The number of ether oxygens (including phenoxy) is 1. The minimum Gasteiger partial charge on any atom is -0.452 e. The van der Waals surface area contributed by atoms with Crippen LogP contribution in [-0.2, 0) is 14.3 Å². The van der Waals surface area contributed by atoms with Gasteiger partial charge in [0.15, 0.2) is 6.61 Å². The Balaban J connectivity index is 1.77. The topological polar surface area (TPSA) is 102 Å². The number of nitrogens with one attached hydrogen (secondary N) is 1. The van der Waals surface area contributed by atoms with Crippen LogP contribution in [0.3, 0.4) is 0 Å². The van der Waals surface area contributed by atoms with Gasteiger partial charge in [-0.25, -0.2) is 9.18 Å². The zero-order valence-corrected chi connectivity index (χ0v) is 14.6. The van der Waals surface area contributed by atoms with Gasteiger partial charge in [0.25, 0.3) is 5.91 Å². The number of hydrogen-bond donors (Lipinski definition) is 2. The minimum absolute atomic E-state index is 0.0228. The number of para-hydroxylation sites is 2. The standard InChI is InChI=1S/C19H18FN3O4/c1-11-8-17(24)22-15-4-2-3-5-16(15)23(11)18(25)10-27-19(26)13-7-6-12(20)9-14(13)21/h2-7,9,11H,8,10,21H2,1H3,(H,22,24)/t11-/m1/s1. The number of anilines is 3. The molecule has 0 bridgehead atoms. The van der Waals surface area contributed by atoms with Crippen LogP contribution in [0.25, 0.3) is 0 Å². The molecule has 1 aliphatic rings. The van der Waals surface area contributed by atoms with Crippen molar-refractivity contribution in [1.29, 1.82) is 0 Å². The number of esters is 1. The van der Waals surface area contributed by atoms with Crippen molar-refractivity contribution in [3.8, 4) is 0 Å². The van der Waals surface area contributed by atoms with E-state index in [9.17, 15) is 18.8 Å². The molecule has 3 N–H and O–H groups in total. The summed E-state index contributed by atoms with van der Waals surface area (Å²) in [4.78, 5) is 38.3. The van der Waals surface area contributed by atoms with E-state index in [0.717, 1.165) is 12.1 Å². The van der Waals surface area contributed by atoms with Crippen molar-refractivity contribution >= 4 is 34.8 Å². The lowest BCUT2D eigenvalue weighted by Gasteiger charge is -2.27. The molecule has 27 heavy (non-hydrogen) atoms. The van der Waals surface area contributed by atoms with E-state index in [-0.39, 0.29) is 23.6 Å². The summed E-state index contributed by atoms with van der Waals surface area (Å²) in [5.74, 6) is -2.10. The quantitative estimate of drug-likeness (QED) is 0.637. The lowest BCUT2D eigenvalue weighted by Crippen LogP contribution is -2.41. The fraction of sp³-hybridized carbons (Fsp3) is 0.211. The summed E-state index contributed by atoms with van der Waals surface area (Å²) >= 11 is 0. The van der Waals surface area contributed by atoms with Crippen molar-refractivity contribution in [2.75, 3.05) is 22.6 Å². The van der Waals surface area contributed by atoms with Gasteiger partial charge in [0, 0.05) is 18.2 Å². The number of fused-ring (bicyclic) bond motifs is 1. The average molecular weight is 371 g/mol. The Kier molecular flexibility index (Phi) is 5.07. The Morgan fingerprint density at radius 1 is 1.30 bits per heavy atom. The molecule has 7 nitrogen and oxygen atoms in total. The van der Waals surface area contributed by atoms with E-state index >= 15 is 0 Å². The van der Waals surface area contributed by atoms with Crippen LogP contribution >= 0.6 is 0 Å². The Morgan fingerprint density at radius 3 is 2.78 bits per heavy atom. The third-order valence-corrected chi connectivity index (χ3v) is 4.19. The van der Waals surface area contributed by atoms with Gasteiger partial charge in [0.1, 0.15) is 5.82 Å². The molecule has 0 saturated carbocycles. The Morgan fingerprint density at radius 2 is 2.04 bits per heavy atom. The molecule has 140 valence electrons. The first-order valence-electron chi connectivity index (χ1n) is 8.30. The lowest BCUT2D eigenvalue weighted by atomic mass is 10.1. The summed E-state index contributed by atoms with van der Waals surface area (Å²) in [5.41, 5.74) is 6.55. The number of benzene rings is 2. The maximum atomic E-state index is 13.1. The lowest BCUT2D eigenvalue weighted by molar-refractivity contribution is -0.122. The Hall–Kier alpha value is -3.42. The summed E-state index contributed by atoms with van der Waals surface area (Å²) in [6, 6.07) is 9.75. The van der Waals surface area contributed by atoms with E-state index < -0.39 is 30.3 Å². The predicted molar refractivity (Wildman–Crippen MR) is 97.7 cm³/mol. The molecule has 8 heteroatoms. The van der Waals surface area contributed by atoms with Crippen LogP contribution in [0.5, 0.6) is 0 Å². The van der Waals surface area contributed by atoms with Gasteiger partial charge in [0.2, 0.25) is 5.91 Å². The summed E-state index contributed by atoms with van der Waals surface area (Å²) in [6.07, 6.45) is 0.110. The number of nitrogen functional groups attached to an aromatic ring is 1. The number of hydrogen-bond acceptors (Lipinski definition) is 5. The zero-order valence-electron chi connectivity index (χ0n) is 14.6. The molecule has 0 unspecified atom stereocenters. The summed E-state index contributed by atoms with van der Waals surface area (Å²) < 4.78 is 18.2. The Bertz CT molecular complexity index is 916. The maximum absolute atomic E-state index is 13.1. The first-order chi connectivity index (χ1) is 12.9. The van der Waals surface area contributed by atoms with Crippen LogP contribution in [0.4, 0.5) is 21.5 Å². The van der Waals surface area contributed by atoms with E-state index in [2.05, 4.69) is 5.32 Å². The summed E-state index contributed by atoms with van der Waals surface area (Å²) in [7, 11) is 0. The highest BCUT2D eigenvalue weighted by Crippen LogP contribution is 2.31. The molecule has 3 rings (SSSR count). The van der Waals surface area contributed by atoms with Crippen molar-refractivity contribution in [2.45, 2.75) is 19.4 Å². The number of rotatable bonds is 3. The molecule has 0 radical (unpaired) electrons. The molecule has 0 spiro atoms. The van der Waals surface area contributed by atoms with Gasteiger partial charge in [-0.2, -0.15) is 0 Å². The highest BCUT2D eigenvalue weighted by molar-refractivity contribution is 6.05. The third kappa shape index (κ3) is 3.89. The van der Waals surface area contributed by atoms with Crippen molar-refractivity contribution < 1.29 is 23.5 Å². The van der Waals surface area contributed by atoms with Gasteiger partial charge in [-0.3, -0.25) is 9.59 Å². The number of amides is 2. The molecule has 1 aliphatic heterocycles. The molecule has 2 amide bonds. The van der Waals surface area contributed by atoms with Crippen LogP contribution < -0.4 is 16.0 Å². The maximum Gasteiger partial charge on any atom is 0.340 e. The van der Waals surface area contributed by atoms with E-state index in [0.29, 0.717) is 11.4 Å². The molecule has 2 aromatic rings. The number of carbonyl (C=O) groups excluding carboxylic acids is 3. The number of nitrogens with two attached hydrogens (primary N) is 1. The summed E-state index contributed by atoms with van der Waals surface area (Å²) in [5, 5.41) is 2.75. The molecule has 1 atom stereocenters. The number of halogens is 1. The molecular formula is C19H18FN3O4. The summed E-state index contributed by atoms with van der Waals surface area (Å²) in [6.45, 7) is 1.20. The van der Waals surface area contributed by atoms with Gasteiger partial charge in [0.05, 0.1) is 16.9 Å². The van der Waals surface area contributed by atoms with Crippen molar-refractivity contribution in [1.82, 2.24) is 0 Å². The molecule has 0 fully saturated rings. The van der Waals surface area contributed by atoms with E-state index in [1.807, 2.05) is 0 Å². The van der Waals surface area contributed by atoms with Gasteiger partial charge in [-0.1, -0.05) is 12.1 Å². The van der Waals surface area contributed by atoms with Crippen LogP contribution in [-0.4, -0.2) is 30.4 Å². The van der Waals surface area contributed by atoms with E-state index in [4.69, 9.17) is 10.5 Å². The van der Waals surface area contributed by atoms with Crippen molar-refractivity contribution in [2.24, 2.45) is 0 Å².